The summed E-state index contributed by atoms with van der Waals surface area (Å²) in [6, 6.07) is 6.72. The predicted molar refractivity (Wildman–Crippen MR) is 65.7 cm³/mol. The summed E-state index contributed by atoms with van der Waals surface area (Å²) < 4.78 is 5.01. The third-order valence-corrected chi connectivity index (χ3v) is 2.60. The molecule has 0 bridgehead atoms. The van der Waals surface area contributed by atoms with Gasteiger partial charge in [0.15, 0.2) is 5.69 Å². The van der Waals surface area contributed by atoms with E-state index in [0.29, 0.717) is 11.3 Å². The highest BCUT2D eigenvalue weighted by atomic mass is 35.5. The van der Waals surface area contributed by atoms with Gasteiger partial charge in [0.05, 0.1) is 12.0 Å². The van der Waals surface area contributed by atoms with Gasteiger partial charge in [-0.3, -0.25) is 10.1 Å². The van der Waals surface area contributed by atoms with Gasteiger partial charge in [0.2, 0.25) is 5.15 Å². The quantitative estimate of drug-likeness (QED) is 0.484. The molecule has 7 heteroatoms. The summed E-state index contributed by atoms with van der Waals surface area (Å²) in [5.41, 5.74) is 0.457. The van der Waals surface area contributed by atoms with Crippen molar-refractivity contribution in [2.75, 3.05) is 7.11 Å². The van der Waals surface area contributed by atoms with Gasteiger partial charge in [0.25, 0.3) is 0 Å². The fourth-order valence-corrected chi connectivity index (χ4v) is 1.68. The van der Waals surface area contributed by atoms with Gasteiger partial charge in [-0.25, -0.2) is 9.97 Å². The van der Waals surface area contributed by atoms with E-state index in [0.717, 1.165) is 0 Å². The first-order valence-electron chi connectivity index (χ1n) is 4.93. The molecule has 92 valence electrons. The van der Waals surface area contributed by atoms with Crippen LogP contribution in [0.4, 0.5) is 5.69 Å². The lowest BCUT2D eigenvalue weighted by molar-refractivity contribution is -0.384. The molecule has 0 atom stereocenters. The summed E-state index contributed by atoms with van der Waals surface area (Å²) in [6.07, 6.45) is 1.19. The van der Waals surface area contributed by atoms with Crippen molar-refractivity contribution in [3.05, 3.63) is 45.9 Å². The minimum Gasteiger partial charge on any atom is -0.497 e. The average Bonchev–Trinajstić information content (AvgIpc) is 2.38. The first-order chi connectivity index (χ1) is 8.63. The van der Waals surface area contributed by atoms with E-state index in [2.05, 4.69) is 9.97 Å². The minimum absolute atomic E-state index is 0.180. The van der Waals surface area contributed by atoms with E-state index in [9.17, 15) is 10.1 Å². The zero-order valence-electron chi connectivity index (χ0n) is 9.33. The van der Waals surface area contributed by atoms with E-state index >= 15 is 0 Å². The van der Waals surface area contributed by atoms with Crippen LogP contribution in [0, 0.1) is 10.1 Å². The molecule has 18 heavy (non-hydrogen) atoms. The Morgan fingerprint density at radius 1 is 1.28 bits per heavy atom. The molecule has 0 aliphatic heterocycles. The third-order valence-electron chi connectivity index (χ3n) is 2.32. The summed E-state index contributed by atoms with van der Waals surface area (Å²) >= 11 is 5.72. The zero-order chi connectivity index (χ0) is 13.1. The largest absolute Gasteiger partial charge is 0.497 e. The van der Waals surface area contributed by atoms with Gasteiger partial charge in [-0.05, 0) is 24.3 Å². The van der Waals surface area contributed by atoms with Crippen molar-refractivity contribution in [2.24, 2.45) is 0 Å². The van der Waals surface area contributed by atoms with Crippen LogP contribution in [-0.4, -0.2) is 22.0 Å². The highest BCUT2D eigenvalue weighted by Crippen LogP contribution is 2.32. The first-order valence-corrected chi connectivity index (χ1v) is 5.30. The van der Waals surface area contributed by atoms with Crippen LogP contribution in [-0.2, 0) is 0 Å². The molecule has 0 radical (unpaired) electrons. The molecule has 2 rings (SSSR count). The second-order valence-corrected chi connectivity index (χ2v) is 3.71. The molecule has 1 aromatic heterocycles. The number of halogens is 1. The van der Waals surface area contributed by atoms with Crippen LogP contribution in [0.5, 0.6) is 5.75 Å². The van der Waals surface area contributed by atoms with Crippen molar-refractivity contribution < 1.29 is 9.66 Å². The number of nitro groups is 1. The lowest BCUT2D eigenvalue weighted by Crippen LogP contribution is -1.97. The summed E-state index contributed by atoms with van der Waals surface area (Å²) in [5.74, 6) is 0.654. The second-order valence-electron chi connectivity index (χ2n) is 3.35. The van der Waals surface area contributed by atoms with Crippen LogP contribution in [0.25, 0.3) is 11.3 Å². The molecule has 6 nitrogen and oxygen atoms in total. The Hall–Kier alpha value is -2.21. The third kappa shape index (κ3) is 2.23. The Labute approximate surface area is 107 Å². The predicted octanol–water partition coefficient (Wildman–Crippen LogP) is 2.71. The lowest BCUT2D eigenvalue weighted by atomic mass is 10.1. The Kier molecular flexibility index (Phi) is 3.38. The molecule has 0 saturated carbocycles. The van der Waals surface area contributed by atoms with E-state index in [1.165, 1.54) is 6.33 Å². The molecule has 0 unspecified atom stereocenters. The van der Waals surface area contributed by atoms with Crippen LogP contribution < -0.4 is 4.74 Å². The van der Waals surface area contributed by atoms with Gasteiger partial charge in [-0.15, -0.1) is 0 Å². The zero-order valence-corrected chi connectivity index (χ0v) is 10.1. The Balaban J connectivity index is 2.56. The fourth-order valence-electron chi connectivity index (χ4n) is 1.48. The maximum absolute atomic E-state index is 11.0. The monoisotopic (exact) mass is 265 g/mol. The lowest BCUT2D eigenvalue weighted by Gasteiger charge is -2.04. The molecule has 0 fully saturated rings. The van der Waals surface area contributed by atoms with Gasteiger partial charge in [0, 0.05) is 5.56 Å². The van der Waals surface area contributed by atoms with E-state index in [-0.39, 0.29) is 16.5 Å². The first kappa shape index (κ1) is 12.3. The van der Waals surface area contributed by atoms with Crippen LogP contribution in [0.3, 0.4) is 0 Å². The minimum atomic E-state index is -0.595. The molecule has 2 aromatic rings. The number of hydrogen-bond acceptors (Lipinski definition) is 5. The van der Waals surface area contributed by atoms with Gasteiger partial charge in [-0.2, -0.15) is 0 Å². The molecular weight excluding hydrogens is 258 g/mol. The molecule has 0 spiro atoms. The van der Waals surface area contributed by atoms with Crippen LogP contribution in [0.15, 0.2) is 30.6 Å². The number of rotatable bonds is 3. The number of hydrogen-bond donors (Lipinski definition) is 0. The fraction of sp³-hybridized carbons (Fsp3) is 0.0909. The molecule has 0 saturated heterocycles. The summed E-state index contributed by atoms with van der Waals surface area (Å²) in [7, 11) is 1.54. The molecule has 0 aliphatic rings. The number of aromatic nitrogens is 2. The smallest absolute Gasteiger partial charge is 0.332 e. The SMILES string of the molecule is COc1ccc(-c2ncnc(Cl)c2[N+](=O)[O-])cc1. The van der Waals surface area contributed by atoms with Crippen molar-refractivity contribution in [1.82, 2.24) is 9.97 Å². The van der Waals surface area contributed by atoms with E-state index in [1.807, 2.05) is 0 Å². The van der Waals surface area contributed by atoms with Crippen molar-refractivity contribution in [1.29, 1.82) is 0 Å². The van der Waals surface area contributed by atoms with Gasteiger partial charge >= 0.3 is 5.69 Å². The highest BCUT2D eigenvalue weighted by Gasteiger charge is 2.22. The Morgan fingerprint density at radius 2 is 1.94 bits per heavy atom. The topological polar surface area (TPSA) is 78.2 Å². The Morgan fingerprint density at radius 3 is 2.50 bits per heavy atom. The second kappa shape index (κ2) is 4.97. The highest BCUT2D eigenvalue weighted by molar-refractivity contribution is 6.31. The van der Waals surface area contributed by atoms with Crippen molar-refractivity contribution in [2.45, 2.75) is 0 Å². The number of benzene rings is 1. The van der Waals surface area contributed by atoms with Gasteiger partial charge < -0.3 is 4.74 Å². The van der Waals surface area contributed by atoms with Crippen LogP contribution >= 0.6 is 11.6 Å². The molecule has 0 aliphatic carbocycles. The maximum Gasteiger partial charge on any atom is 0.332 e. The van der Waals surface area contributed by atoms with Crippen molar-refractivity contribution in [3.8, 4) is 17.0 Å². The van der Waals surface area contributed by atoms with Crippen molar-refractivity contribution in [3.63, 3.8) is 0 Å². The Bertz CT molecular complexity index is 587. The molecule has 1 aromatic carbocycles. The molecule has 1 heterocycles. The van der Waals surface area contributed by atoms with Crippen LogP contribution in [0.2, 0.25) is 5.15 Å². The summed E-state index contributed by atoms with van der Waals surface area (Å²) in [6.45, 7) is 0. The molecule has 0 amide bonds. The number of methoxy groups -OCH3 is 1. The van der Waals surface area contributed by atoms with E-state index < -0.39 is 4.92 Å². The number of nitrogens with zero attached hydrogens (tertiary/aromatic N) is 3. The summed E-state index contributed by atoms with van der Waals surface area (Å²) in [5, 5.41) is 10.8. The van der Waals surface area contributed by atoms with Gasteiger partial charge in [-0.1, -0.05) is 11.6 Å². The van der Waals surface area contributed by atoms with Crippen LogP contribution in [0.1, 0.15) is 0 Å². The standard InChI is InChI=1S/C11H8ClN3O3/c1-18-8-4-2-7(3-5-8)9-10(15(16)17)11(12)14-6-13-9/h2-6H,1H3. The van der Waals surface area contributed by atoms with E-state index in [4.69, 9.17) is 16.3 Å². The maximum atomic E-state index is 11.0. The van der Waals surface area contributed by atoms with E-state index in [1.54, 1.807) is 31.4 Å². The average molecular weight is 266 g/mol. The normalized spacial score (nSPS) is 10.1. The molecular formula is C11H8ClN3O3. The number of ether oxygens (including phenoxy) is 1. The molecule has 0 N–H and O–H groups in total. The summed E-state index contributed by atoms with van der Waals surface area (Å²) in [4.78, 5) is 17.9. The van der Waals surface area contributed by atoms with Crippen molar-refractivity contribution >= 4 is 17.3 Å². The van der Waals surface area contributed by atoms with Gasteiger partial charge in [0.1, 0.15) is 12.1 Å².